The van der Waals surface area contributed by atoms with Gasteiger partial charge in [-0.25, -0.2) is 4.98 Å². The van der Waals surface area contributed by atoms with Crippen molar-refractivity contribution >= 4 is 28.3 Å². The van der Waals surface area contributed by atoms with E-state index >= 15 is 0 Å². The van der Waals surface area contributed by atoms with Gasteiger partial charge in [0.2, 0.25) is 5.91 Å². The quantitative estimate of drug-likeness (QED) is 0.564. The summed E-state index contributed by atoms with van der Waals surface area (Å²) >= 11 is 1.27. The van der Waals surface area contributed by atoms with E-state index in [-0.39, 0.29) is 30.0 Å². The third-order valence-corrected chi connectivity index (χ3v) is 5.29. The summed E-state index contributed by atoms with van der Waals surface area (Å²) in [6.45, 7) is 3.45. The molecule has 3 rings (SSSR count). The van der Waals surface area contributed by atoms with Crippen molar-refractivity contribution in [2.45, 2.75) is 25.9 Å². The van der Waals surface area contributed by atoms with Gasteiger partial charge in [0, 0.05) is 24.5 Å². The van der Waals surface area contributed by atoms with E-state index in [0.29, 0.717) is 17.4 Å². The molecule has 0 bridgehead atoms. The SMILES string of the molecule is CC(CNC(=O)Cc1csc(NC(=O)c2ccco2)n1)N(C)Cc1ccccc1. The number of furan rings is 1. The molecule has 2 heterocycles. The van der Waals surface area contributed by atoms with E-state index in [1.165, 1.54) is 23.2 Å². The minimum absolute atomic E-state index is 0.0980. The molecule has 1 aromatic carbocycles. The molecule has 3 aromatic rings. The van der Waals surface area contributed by atoms with Gasteiger partial charge >= 0.3 is 0 Å². The lowest BCUT2D eigenvalue weighted by Crippen LogP contribution is -2.40. The predicted octanol–water partition coefficient (Wildman–Crippen LogP) is 3.17. The Balaban J connectivity index is 1.42. The van der Waals surface area contributed by atoms with Crippen LogP contribution >= 0.6 is 11.3 Å². The third-order valence-electron chi connectivity index (χ3n) is 4.48. The fourth-order valence-corrected chi connectivity index (χ4v) is 3.39. The van der Waals surface area contributed by atoms with E-state index in [0.717, 1.165) is 6.54 Å². The van der Waals surface area contributed by atoms with Gasteiger partial charge in [0.05, 0.1) is 18.4 Å². The Morgan fingerprint density at radius 1 is 1.21 bits per heavy atom. The molecule has 0 saturated carbocycles. The van der Waals surface area contributed by atoms with Crippen LogP contribution in [0, 0.1) is 0 Å². The second kappa shape index (κ2) is 9.99. The average molecular weight is 413 g/mol. The van der Waals surface area contributed by atoms with Crippen LogP contribution in [0.25, 0.3) is 0 Å². The maximum Gasteiger partial charge on any atom is 0.293 e. The summed E-state index contributed by atoms with van der Waals surface area (Å²) in [6, 6.07) is 13.6. The summed E-state index contributed by atoms with van der Waals surface area (Å²) in [5.41, 5.74) is 1.85. The van der Waals surface area contributed by atoms with Gasteiger partial charge in [0.15, 0.2) is 10.9 Å². The van der Waals surface area contributed by atoms with E-state index in [4.69, 9.17) is 4.42 Å². The first-order chi connectivity index (χ1) is 14.0. The summed E-state index contributed by atoms with van der Waals surface area (Å²) < 4.78 is 5.05. The lowest BCUT2D eigenvalue weighted by atomic mass is 10.2. The number of nitrogens with one attached hydrogen (secondary N) is 2. The number of carbonyl (C=O) groups excluding carboxylic acids is 2. The molecule has 0 spiro atoms. The molecule has 7 nitrogen and oxygen atoms in total. The standard InChI is InChI=1S/C21H24N4O3S/c1-15(25(2)13-16-7-4-3-5-8-16)12-22-19(26)11-17-14-29-21(23-17)24-20(27)18-9-6-10-28-18/h3-10,14-15H,11-13H2,1-2H3,(H,22,26)(H,23,24,27). The van der Waals surface area contributed by atoms with Gasteiger partial charge in [-0.05, 0) is 31.7 Å². The second-order valence-corrected chi connectivity index (χ2v) is 7.66. The number of benzene rings is 1. The van der Waals surface area contributed by atoms with E-state index in [2.05, 4.69) is 39.6 Å². The lowest BCUT2D eigenvalue weighted by Gasteiger charge is -2.25. The molecule has 2 amide bonds. The maximum absolute atomic E-state index is 12.2. The minimum Gasteiger partial charge on any atom is -0.459 e. The van der Waals surface area contributed by atoms with Crippen LogP contribution in [-0.4, -0.2) is 41.3 Å². The lowest BCUT2D eigenvalue weighted by molar-refractivity contribution is -0.120. The molecule has 0 saturated heterocycles. The molecule has 29 heavy (non-hydrogen) atoms. The van der Waals surface area contributed by atoms with Crippen LogP contribution in [0.1, 0.15) is 28.7 Å². The van der Waals surface area contributed by atoms with Crippen molar-refractivity contribution < 1.29 is 14.0 Å². The van der Waals surface area contributed by atoms with Crippen molar-refractivity contribution in [2.24, 2.45) is 0 Å². The number of likely N-dealkylation sites (N-methyl/N-ethyl adjacent to an activating group) is 1. The van der Waals surface area contributed by atoms with E-state index in [1.807, 2.05) is 25.2 Å². The molecule has 2 aromatic heterocycles. The first kappa shape index (κ1) is 20.8. The monoisotopic (exact) mass is 412 g/mol. The van der Waals surface area contributed by atoms with Crippen molar-refractivity contribution in [1.29, 1.82) is 0 Å². The highest BCUT2D eigenvalue weighted by molar-refractivity contribution is 7.14. The van der Waals surface area contributed by atoms with Crippen LogP contribution in [-0.2, 0) is 17.8 Å². The predicted molar refractivity (Wildman–Crippen MR) is 113 cm³/mol. The molecule has 0 fully saturated rings. The topological polar surface area (TPSA) is 87.5 Å². The Hall–Kier alpha value is -2.97. The normalized spacial score (nSPS) is 12.0. The number of carbonyl (C=O) groups is 2. The Morgan fingerprint density at radius 2 is 2.00 bits per heavy atom. The molecule has 2 N–H and O–H groups in total. The van der Waals surface area contributed by atoms with Crippen LogP contribution in [0.5, 0.6) is 0 Å². The van der Waals surface area contributed by atoms with E-state index in [9.17, 15) is 9.59 Å². The zero-order valence-corrected chi connectivity index (χ0v) is 17.2. The molecule has 1 unspecified atom stereocenters. The Morgan fingerprint density at radius 3 is 2.72 bits per heavy atom. The number of anilines is 1. The van der Waals surface area contributed by atoms with Gasteiger partial charge in [0.1, 0.15) is 0 Å². The number of hydrogen-bond acceptors (Lipinski definition) is 6. The molecule has 0 aliphatic carbocycles. The number of aromatic nitrogens is 1. The molecular formula is C21H24N4O3S. The van der Waals surface area contributed by atoms with Crippen molar-refractivity contribution in [3.8, 4) is 0 Å². The van der Waals surface area contributed by atoms with Gasteiger partial charge in [-0.3, -0.25) is 19.8 Å². The van der Waals surface area contributed by atoms with Crippen molar-refractivity contribution in [2.75, 3.05) is 18.9 Å². The van der Waals surface area contributed by atoms with Gasteiger partial charge in [0.25, 0.3) is 5.91 Å². The van der Waals surface area contributed by atoms with Crippen LogP contribution in [0.2, 0.25) is 0 Å². The second-order valence-electron chi connectivity index (χ2n) is 6.81. The third kappa shape index (κ3) is 6.27. The van der Waals surface area contributed by atoms with Crippen LogP contribution in [0.15, 0.2) is 58.5 Å². The van der Waals surface area contributed by atoms with Gasteiger partial charge in [-0.1, -0.05) is 30.3 Å². The molecular weight excluding hydrogens is 388 g/mol. The fraction of sp³-hybridized carbons (Fsp3) is 0.286. The summed E-state index contributed by atoms with van der Waals surface area (Å²) in [5.74, 6) is -0.247. The largest absolute Gasteiger partial charge is 0.459 e. The highest BCUT2D eigenvalue weighted by Gasteiger charge is 2.14. The Bertz CT molecular complexity index is 925. The minimum atomic E-state index is -0.365. The number of nitrogens with zero attached hydrogens (tertiary/aromatic N) is 2. The molecule has 152 valence electrons. The average Bonchev–Trinajstić information content (AvgIpc) is 3.39. The maximum atomic E-state index is 12.2. The Kier molecular flexibility index (Phi) is 7.15. The summed E-state index contributed by atoms with van der Waals surface area (Å²) in [5, 5.41) is 7.82. The molecule has 0 radical (unpaired) electrons. The van der Waals surface area contributed by atoms with E-state index in [1.54, 1.807) is 17.5 Å². The van der Waals surface area contributed by atoms with Crippen molar-refractivity contribution in [1.82, 2.24) is 15.2 Å². The first-order valence-corrected chi connectivity index (χ1v) is 10.2. The van der Waals surface area contributed by atoms with Crippen molar-refractivity contribution in [3.63, 3.8) is 0 Å². The number of thiazole rings is 1. The number of rotatable bonds is 9. The Labute approximate surface area is 173 Å². The highest BCUT2D eigenvalue weighted by Crippen LogP contribution is 2.17. The summed E-state index contributed by atoms with van der Waals surface area (Å²) in [4.78, 5) is 30.7. The molecule has 1 atom stereocenters. The number of hydrogen-bond donors (Lipinski definition) is 2. The highest BCUT2D eigenvalue weighted by atomic mass is 32.1. The summed E-state index contributed by atoms with van der Waals surface area (Å²) in [7, 11) is 2.04. The number of amides is 2. The van der Waals surface area contributed by atoms with Crippen LogP contribution in [0.4, 0.5) is 5.13 Å². The summed E-state index contributed by atoms with van der Waals surface area (Å²) in [6.07, 6.45) is 1.60. The zero-order valence-electron chi connectivity index (χ0n) is 16.4. The first-order valence-electron chi connectivity index (χ1n) is 9.31. The fourth-order valence-electron chi connectivity index (χ4n) is 2.68. The smallest absolute Gasteiger partial charge is 0.293 e. The van der Waals surface area contributed by atoms with Crippen LogP contribution in [0.3, 0.4) is 0 Å². The molecule has 0 aliphatic heterocycles. The molecule has 8 heteroatoms. The van der Waals surface area contributed by atoms with Gasteiger partial charge in [-0.15, -0.1) is 11.3 Å². The van der Waals surface area contributed by atoms with Crippen LogP contribution < -0.4 is 10.6 Å². The zero-order chi connectivity index (χ0) is 20.6. The van der Waals surface area contributed by atoms with Gasteiger partial charge < -0.3 is 9.73 Å². The van der Waals surface area contributed by atoms with Gasteiger partial charge in [-0.2, -0.15) is 0 Å². The van der Waals surface area contributed by atoms with E-state index < -0.39 is 0 Å². The van der Waals surface area contributed by atoms with Crippen molar-refractivity contribution in [3.05, 3.63) is 71.1 Å². The molecule has 0 aliphatic rings.